The first-order valence-corrected chi connectivity index (χ1v) is 12.6. The molecule has 0 spiro atoms. The molecule has 0 fully saturated rings. The molecular weight excluding hydrogens is 459 g/mol. The highest BCUT2D eigenvalue weighted by molar-refractivity contribution is 7.89. The number of aliphatic hydroxyl groups excluding tert-OH is 1. The highest BCUT2D eigenvalue weighted by Crippen LogP contribution is 2.34. The highest BCUT2D eigenvalue weighted by atomic mass is 32.2. The fourth-order valence-corrected chi connectivity index (χ4v) is 5.78. The number of carbonyl (C=O) groups is 1. The van der Waals surface area contributed by atoms with Gasteiger partial charge in [0, 0.05) is 31.1 Å². The number of allylic oxidation sites excluding steroid dienone is 1. The minimum Gasteiger partial charge on any atom is -0.487 e. The van der Waals surface area contributed by atoms with Crippen LogP contribution in [0.4, 0.5) is 4.39 Å². The molecule has 3 atom stereocenters. The summed E-state index contributed by atoms with van der Waals surface area (Å²) < 4.78 is 48.1. The molecule has 0 unspecified atom stereocenters. The molecule has 1 aliphatic rings. The Morgan fingerprint density at radius 3 is 2.71 bits per heavy atom. The summed E-state index contributed by atoms with van der Waals surface area (Å²) in [5, 5.41) is 9.73. The van der Waals surface area contributed by atoms with Crippen molar-refractivity contribution in [3.05, 3.63) is 65.5 Å². The first-order chi connectivity index (χ1) is 16.1. The third-order valence-corrected chi connectivity index (χ3v) is 7.94. The smallest absolute Gasteiger partial charge is 0.253 e. The number of hydrogen-bond donors (Lipinski definition) is 1. The lowest BCUT2D eigenvalue weighted by atomic mass is 10.0. The minimum absolute atomic E-state index is 0.0112. The molecule has 0 aliphatic carbocycles. The Morgan fingerprint density at radius 2 is 2.06 bits per heavy atom. The lowest BCUT2D eigenvalue weighted by Crippen LogP contribution is -2.50. The third-order valence-electron chi connectivity index (χ3n) is 5.92. The van der Waals surface area contributed by atoms with Gasteiger partial charge in [0.2, 0.25) is 10.0 Å². The summed E-state index contributed by atoms with van der Waals surface area (Å²) in [6, 6.07) is 9.69. The van der Waals surface area contributed by atoms with Gasteiger partial charge in [-0.25, -0.2) is 12.8 Å². The van der Waals surface area contributed by atoms with Crippen molar-refractivity contribution in [2.45, 2.75) is 37.8 Å². The highest BCUT2D eigenvalue weighted by Gasteiger charge is 2.38. The van der Waals surface area contributed by atoms with Gasteiger partial charge < -0.3 is 14.7 Å². The molecule has 184 valence electrons. The topological polar surface area (TPSA) is 87.2 Å². The van der Waals surface area contributed by atoms with E-state index in [0.29, 0.717) is 0 Å². The molecule has 3 rings (SSSR count). The summed E-state index contributed by atoms with van der Waals surface area (Å²) in [5.41, 5.74) is 0.990. The van der Waals surface area contributed by atoms with Gasteiger partial charge >= 0.3 is 0 Å². The van der Waals surface area contributed by atoms with E-state index in [2.05, 4.69) is 0 Å². The number of hydrogen-bond acceptors (Lipinski definition) is 5. The van der Waals surface area contributed by atoms with Crippen LogP contribution in [0.3, 0.4) is 0 Å². The van der Waals surface area contributed by atoms with Crippen LogP contribution in [-0.2, 0) is 10.0 Å². The van der Waals surface area contributed by atoms with Crippen molar-refractivity contribution in [3.63, 3.8) is 0 Å². The van der Waals surface area contributed by atoms with Crippen LogP contribution in [-0.4, -0.2) is 67.5 Å². The molecule has 34 heavy (non-hydrogen) atoms. The first kappa shape index (κ1) is 25.9. The molecule has 0 radical (unpaired) electrons. The van der Waals surface area contributed by atoms with Crippen molar-refractivity contribution in [1.29, 1.82) is 0 Å². The second-order valence-corrected chi connectivity index (χ2v) is 10.5. The van der Waals surface area contributed by atoms with Crippen molar-refractivity contribution in [1.82, 2.24) is 9.21 Å². The molecule has 7 nitrogen and oxygen atoms in total. The third kappa shape index (κ3) is 5.48. The van der Waals surface area contributed by atoms with Gasteiger partial charge in [-0.05, 0) is 49.7 Å². The molecule has 1 heterocycles. The van der Waals surface area contributed by atoms with Crippen LogP contribution in [0.2, 0.25) is 0 Å². The number of fused-ring (bicyclic) bond motifs is 1. The van der Waals surface area contributed by atoms with Gasteiger partial charge in [0.1, 0.15) is 22.6 Å². The number of carbonyl (C=O) groups excluding carboxylic acids is 1. The number of ether oxygens (including phenoxy) is 1. The predicted molar refractivity (Wildman–Crippen MR) is 129 cm³/mol. The molecule has 1 N–H and O–H groups in total. The predicted octanol–water partition coefficient (Wildman–Crippen LogP) is 3.40. The normalized spacial score (nSPS) is 21.2. The van der Waals surface area contributed by atoms with Gasteiger partial charge in [0.05, 0.1) is 13.2 Å². The van der Waals surface area contributed by atoms with Crippen LogP contribution in [0.1, 0.15) is 36.7 Å². The summed E-state index contributed by atoms with van der Waals surface area (Å²) in [5.74, 6) is -0.994. The Labute approximate surface area is 200 Å². The molecule has 2 aromatic carbocycles. The summed E-state index contributed by atoms with van der Waals surface area (Å²) in [7, 11) is -2.33. The average Bonchev–Trinajstić information content (AvgIpc) is 2.80. The van der Waals surface area contributed by atoms with Crippen LogP contribution in [0.5, 0.6) is 5.75 Å². The summed E-state index contributed by atoms with van der Waals surface area (Å²) in [6.45, 7) is 5.28. The Kier molecular flexibility index (Phi) is 8.12. The maximum atomic E-state index is 13.6. The summed E-state index contributed by atoms with van der Waals surface area (Å²) in [6.07, 6.45) is 3.12. The largest absolute Gasteiger partial charge is 0.487 e. The summed E-state index contributed by atoms with van der Waals surface area (Å²) in [4.78, 5) is 14.4. The average molecular weight is 491 g/mol. The molecule has 0 saturated heterocycles. The molecule has 1 amide bonds. The molecule has 2 aromatic rings. The number of halogens is 1. The lowest BCUT2D eigenvalue weighted by Gasteiger charge is -2.37. The fraction of sp³-hybridized carbons (Fsp3) is 0.400. The Morgan fingerprint density at radius 1 is 1.32 bits per heavy atom. The van der Waals surface area contributed by atoms with E-state index in [9.17, 15) is 22.7 Å². The van der Waals surface area contributed by atoms with Crippen molar-refractivity contribution >= 4 is 22.0 Å². The standard InChI is InChI=1S/C25H31FN2O5S/c1-5-7-19-10-11-24-22(12-19)33-23(17(2)14-28(18(3)16-29)34(24,31)32)15-27(4)25(30)20-8-6-9-21(26)13-20/h5-13,17-18,23,29H,14-16H2,1-4H3/t17-,18+,23-/m1/s1. The molecule has 0 aromatic heterocycles. The quantitative estimate of drug-likeness (QED) is 0.671. The molecule has 0 bridgehead atoms. The van der Waals surface area contributed by atoms with Gasteiger partial charge in [-0.2, -0.15) is 4.31 Å². The Hall–Kier alpha value is -2.75. The van der Waals surface area contributed by atoms with E-state index in [-0.39, 0.29) is 47.7 Å². The van der Waals surface area contributed by atoms with Crippen LogP contribution < -0.4 is 4.74 Å². The lowest BCUT2D eigenvalue weighted by molar-refractivity contribution is 0.0563. The van der Waals surface area contributed by atoms with Gasteiger partial charge in [-0.15, -0.1) is 0 Å². The zero-order valence-electron chi connectivity index (χ0n) is 19.8. The van der Waals surface area contributed by atoms with E-state index in [1.807, 2.05) is 26.0 Å². The van der Waals surface area contributed by atoms with Crippen molar-refractivity contribution in [2.75, 3.05) is 26.7 Å². The van der Waals surface area contributed by atoms with Gasteiger partial charge in [0.15, 0.2) is 0 Å². The van der Waals surface area contributed by atoms with E-state index < -0.39 is 28.0 Å². The monoisotopic (exact) mass is 490 g/mol. The number of amides is 1. The number of sulfonamides is 1. The Balaban J connectivity index is 2.00. The second-order valence-electron chi connectivity index (χ2n) is 8.64. The van der Waals surface area contributed by atoms with Gasteiger partial charge in [0.25, 0.3) is 5.91 Å². The first-order valence-electron chi connectivity index (χ1n) is 11.2. The maximum absolute atomic E-state index is 13.6. The number of likely N-dealkylation sites (N-methyl/N-ethyl adjacent to an activating group) is 1. The molecular formula is C25H31FN2O5S. The number of rotatable bonds is 6. The van der Waals surface area contributed by atoms with E-state index in [1.165, 1.54) is 33.5 Å². The van der Waals surface area contributed by atoms with Crippen LogP contribution >= 0.6 is 0 Å². The van der Waals surface area contributed by atoms with Gasteiger partial charge in [-0.1, -0.05) is 31.2 Å². The molecule has 9 heteroatoms. The van der Waals surface area contributed by atoms with E-state index in [1.54, 1.807) is 32.2 Å². The number of aliphatic hydroxyl groups is 1. The zero-order chi connectivity index (χ0) is 25.0. The molecule has 0 saturated carbocycles. The SMILES string of the molecule is CC=Cc1ccc2c(c1)O[C@H](CN(C)C(=O)c1cccc(F)c1)[C@H](C)CN([C@@H](C)CO)S2(=O)=O. The summed E-state index contributed by atoms with van der Waals surface area (Å²) >= 11 is 0. The maximum Gasteiger partial charge on any atom is 0.253 e. The van der Waals surface area contributed by atoms with Gasteiger partial charge in [-0.3, -0.25) is 4.79 Å². The van der Waals surface area contributed by atoms with E-state index in [0.717, 1.165) is 5.56 Å². The number of nitrogens with zero attached hydrogens (tertiary/aromatic N) is 2. The minimum atomic E-state index is -3.93. The number of benzene rings is 2. The van der Waals surface area contributed by atoms with Crippen LogP contribution in [0, 0.1) is 11.7 Å². The van der Waals surface area contributed by atoms with E-state index in [4.69, 9.17) is 4.74 Å². The van der Waals surface area contributed by atoms with Crippen LogP contribution in [0.15, 0.2) is 53.4 Å². The van der Waals surface area contributed by atoms with Crippen LogP contribution in [0.25, 0.3) is 6.08 Å². The van der Waals surface area contributed by atoms with Crippen molar-refractivity contribution in [2.24, 2.45) is 5.92 Å². The second kappa shape index (κ2) is 10.7. The fourth-order valence-electron chi connectivity index (χ4n) is 3.95. The Bertz CT molecular complexity index is 1170. The van der Waals surface area contributed by atoms with Crippen molar-refractivity contribution < 1.29 is 27.4 Å². The zero-order valence-corrected chi connectivity index (χ0v) is 20.6. The van der Waals surface area contributed by atoms with Crippen molar-refractivity contribution in [3.8, 4) is 5.75 Å². The molecule has 1 aliphatic heterocycles. The van der Waals surface area contributed by atoms with E-state index >= 15 is 0 Å².